The molecule has 0 unspecified atom stereocenters. The van der Waals surface area contributed by atoms with Crippen molar-refractivity contribution in [2.75, 3.05) is 0 Å². The second kappa shape index (κ2) is 5.63. The Balaban J connectivity index is 2.11. The van der Waals surface area contributed by atoms with E-state index in [4.69, 9.17) is 0 Å². The van der Waals surface area contributed by atoms with Gasteiger partial charge in [0, 0.05) is 11.5 Å². The van der Waals surface area contributed by atoms with Gasteiger partial charge in [-0.05, 0) is 25.0 Å². The van der Waals surface area contributed by atoms with E-state index in [2.05, 4.69) is 4.74 Å². The summed E-state index contributed by atoms with van der Waals surface area (Å²) >= 11 is 0. The van der Waals surface area contributed by atoms with Crippen molar-refractivity contribution in [3.05, 3.63) is 29.8 Å². The average molecular weight is 272 g/mol. The minimum Gasteiger partial charge on any atom is -0.406 e. The molecule has 0 radical (unpaired) electrons. The Morgan fingerprint density at radius 1 is 1.16 bits per heavy atom. The van der Waals surface area contributed by atoms with Crippen LogP contribution in [0.15, 0.2) is 24.3 Å². The molecule has 0 heterocycles. The van der Waals surface area contributed by atoms with E-state index in [1.807, 2.05) is 0 Å². The van der Waals surface area contributed by atoms with Crippen LogP contribution in [0.3, 0.4) is 0 Å². The number of hydrogen-bond acceptors (Lipinski definition) is 2. The molecule has 19 heavy (non-hydrogen) atoms. The average Bonchev–Trinajstić information content (AvgIpc) is 2.37. The Morgan fingerprint density at radius 3 is 2.47 bits per heavy atom. The van der Waals surface area contributed by atoms with Gasteiger partial charge in [-0.1, -0.05) is 31.4 Å². The number of Topliss-reactive ketones (excluding diaryl/α,β-unsaturated/α-hetero) is 1. The van der Waals surface area contributed by atoms with Crippen molar-refractivity contribution in [3.63, 3.8) is 0 Å². The van der Waals surface area contributed by atoms with E-state index in [0.717, 1.165) is 32.1 Å². The molecule has 0 atom stereocenters. The summed E-state index contributed by atoms with van der Waals surface area (Å²) in [6.45, 7) is 0. The normalized spacial score (nSPS) is 17.2. The number of benzene rings is 1. The molecule has 0 aliphatic heterocycles. The molecule has 1 aliphatic rings. The van der Waals surface area contributed by atoms with Crippen LogP contribution in [0, 0.1) is 5.92 Å². The van der Waals surface area contributed by atoms with Crippen molar-refractivity contribution in [3.8, 4) is 5.75 Å². The molecule has 0 spiro atoms. The van der Waals surface area contributed by atoms with Crippen LogP contribution in [-0.4, -0.2) is 12.1 Å². The van der Waals surface area contributed by atoms with Crippen LogP contribution in [-0.2, 0) is 0 Å². The van der Waals surface area contributed by atoms with Crippen LogP contribution in [0.5, 0.6) is 5.75 Å². The maximum atomic E-state index is 12.2. The third-order valence-electron chi connectivity index (χ3n) is 3.33. The van der Waals surface area contributed by atoms with Gasteiger partial charge in [0.05, 0.1) is 0 Å². The highest BCUT2D eigenvalue weighted by Gasteiger charge is 2.31. The fourth-order valence-corrected chi connectivity index (χ4v) is 2.45. The summed E-state index contributed by atoms with van der Waals surface area (Å²) in [5.41, 5.74) is 0.300. The van der Waals surface area contributed by atoms with Crippen molar-refractivity contribution in [1.29, 1.82) is 0 Å². The van der Waals surface area contributed by atoms with Gasteiger partial charge >= 0.3 is 6.36 Å². The second-order valence-electron chi connectivity index (χ2n) is 4.77. The summed E-state index contributed by atoms with van der Waals surface area (Å²) in [4.78, 5) is 12.2. The number of ether oxygens (including phenoxy) is 1. The van der Waals surface area contributed by atoms with E-state index in [9.17, 15) is 18.0 Å². The fraction of sp³-hybridized carbons (Fsp3) is 0.500. The van der Waals surface area contributed by atoms with Gasteiger partial charge in [-0.15, -0.1) is 13.2 Å². The highest BCUT2D eigenvalue weighted by molar-refractivity contribution is 5.98. The molecule has 0 saturated heterocycles. The molecule has 2 rings (SSSR count). The number of hydrogen-bond donors (Lipinski definition) is 0. The van der Waals surface area contributed by atoms with E-state index in [-0.39, 0.29) is 17.5 Å². The number of ketones is 1. The zero-order valence-corrected chi connectivity index (χ0v) is 10.4. The molecule has 1 aliphatic carbocycles. The fourth-order valence-electron chi connectivity index (χ4n) is 2.45. The van der Waals surface area contributed by atoms with Gasteiger partial charge in [0.25, 0.3) is 0 Å². The molecule has 1 aromatic carbocycles. The Morgan fingerprint density at radius 2 is 1.84 bits per heavy atom. The van der Waals surface area contributed by atoms with Crippen LogP contribution in [0.4, 0.5) is 13.2 Å². The molecule has 1 aromatic rings. The zero-order chi connectivity index (χ0) is 13.9. The minimum atomic E-state index is -4.73. The summed E-state index contributed by atoms with van der Waals surface area (Å²) in [7, 11) is 0. The van der Waals surface area contributed by atoms with E-state index in [0.29, 0.717) is 5.56 Å². The highest BCUT2D eigenvalue weighted by atomic mass is 19.4. The maximum absolute atomic E-state index is 12.2. The number of halogens is 3. The summed E-state index contributed by atoms with van der Waals surface area (Å²) < 4.78 is 40.2. The molecular weight excluding hydrogens is 257 g/mol. The molecule has 0 amide bonds. The molecule has 2 nitrogen and oxygen atoms in total. The zero-order valence-electron chi connectivity index (χ0n) is 10.4. The van der Waals surface area contributed by atoms with Crippen LogP contribution >= 0.6 is 0 Å². The van der Waals surface area contributed by atoms with Crippen LogP contribution < -0.4 is 4.74 Å². The lowest BCUT2D eigenvalue weighted by atomic mass is 9.84. The van der Waals surface area contributed by atoms with Gasteiger partial charge in [0.15, 0.2) is 5.78 Å². The maximum Gasteiger partial charge on any atom is 0.573 e. The lowest BCUT2D eigenvalue weighted by molar-refractivity contribution is -0.274. The summed E-state index contributed by atoms with van der Waals surface area (Å²) in [6.07, 6.45) is 0.0597. The Kier molecular flexibility index (Phi) is 4.12. The number of carbonyl (C=O) groups is 1. The number of alkyl halides is 3. The van der Waals surface area contributed by atoms with E-state index in [1.54, 1.807) is 6.07 Å². The molecule has 0 bridgehead atoms. The molecule has 1 fully saturated rings. The lowest BCUT2D eigenvalue weighted by Crippen LogP contribution is -2.19. The summed E-state index contributed by atoms with van der Waals surface area (Å²) in [6, 6.07) is 5.33. The topological polar surface area (TPSA) is 26.3 Å². The molecule has 0 N–H and O–H groups in total. The molecule has 1 saturated carbocycles. The largest absolute Gasteiger partial charge is 0.573 e. The van der Waals surface area contributed by atoms with Crippen molar-refractivity contribution >= 4 is 5.78 Å². The number of carbonyl (C=O) groups excluding carboxylic acids is 1. The molecule has 104 valence electrons. The monoisotopic (exact) mass is 272 g/mol. The van der Waals surface area contributed by atoms with E-state index >= 15 is 0 Å². The molecule has 5 heteroatoms. The van der Waals surface area contributed by atoms with Gasteiger partial charge in [-0.3, -0.25) is 4.79 Å². The standard InChI is InChI=1S/C14H15F3O2/c15-14(16,17)19-12-8-4-7-11(9-12)13(18)10-5-2-1-3-6-10/h4,7-10H,1-3,5-6H2. The van der Waals surface area contributed by atoms with Gasteiger partial charge in [-0.25, -0.2) is 0 Å². The number of rotatable bonds is 3. The predicted molar refractivity (Wildman–Crippen MR) is 64.0 cm³/mol. The summed E-state index contributed by atoms with van der Waals surface area (Å²) in [5, 5.41) is 0. The highest BCUT2D eigenvalue weighted by Crippen LogP contribution is 2.29. The Hall–Kier alpha value is -1.52. The van der Waals surface area contributed by atoms with Crippen LogP contribution in [0.1, 0.15) is 42.5 Å². The van der Waals surface area contributed by atoms with Gasteiger partial charge in [0.1, 0.15) is 5.75 Å². The summed E-state index contributed by atoms with van der Waals surface area (Å²) in [5.74, 6) is -0.476. The van der Waals surface area contributed by atoms with Crippen molar-refractivity contribution in [1.82, 2.24) is 0 Å². The van der Waals surface area contributed by atoms with E-state index < -0.39 is 6.36 Å². The first-order valence-corrected chi connectivity index (χ1v) is 6.36. The third kappa shape index (κ3) is 3.98. The van der Waals surface area contributed by atoms with E-state index in [1.165, 1.54) is 18.2 Å². The van der Waals surface area contributed by atoms with Gasteiger partial charge in [0.2, 0.25) is 0 Å². The Bertz CT molecular complexity index is 448. The predicted octanol–water partition coefficient (Wildman–Crippen LogP) is 4.35. The minimum absolute atomic E-state index is 0.0603. The van der Waals surface area contributed by atoms with Crippen molar-refractivity contribution in [2.45, 2.75) is 38.5 Å². The second-order valence-corrected chi connectivity index (χ2v) is 4.77. The first-order valence-electron chi connectivity index (χ1n) is 6.36. The Labute approximate surface area is 109 Å². The smallest absolute Gasteiger partial charge is 0.406 e. The lowest BCUT2D eigenvalue weighted by Gasteiger charge is -2.20. The molecular formula is C14H15F3O2. The van der Waals surface area contributed by atoms with Crippen LogP contribution in [0.2, 0.25) is 0 Å². The van der Waals surface area contributed by atoms with Gasteiger partial charge < -0.3 is 4.74 Å². The van der Waals surface area contributed by atoms with Crippen molar-refractivity contribution in [2.24, 2.45) is 5.92 Å². The quantitative estimate of drug-likeness (QED) is 0.765. The first-order chi connectivity index (χ1) is 8.96. The van der Waals surface area contributed by atoms with Crippen molar-refractivity contribution < 1.29 is 22.7 Å². The SMILES string of the molecule is O=C(c1cccc(OC(F)(F)F)c1)C1CCCCC1. The van der Waals surface area contributed by atoms with Gasteiger partial charge in [-0.2, -0.15) is 0 Å². The molecule has 0 aromatic heterocycles. The van der Waals surface area contributed by atoms with Crippen LogP contribution in [0.25, 0.3) is 0 Å². The first kappa shape index (κ1) is 13.9. The third-order valence-corrected chi connectivity index (χ3v) is 3.33.